The second-order valence-electron chi connectivity index (χ2n) is 8.38. The molecule has 0 spiro atoms. The molecule has 1 saturated heterocycles. The van der Waals surface area contributed by atoms with E-state index in [1.54, 1.807) is 18.3 Å². The highest BCUT2D eigenvalue weighted by molar-refractivity contribution is 7.91. The van der Waals surface area contributed by atoms with E-state index in [9.17, 15) is 12.8 Å². The predicted octanol–water partition coefficient (Wildman–Crippen LogP) is 3.39. The van der Waals surface area contributed by atoms with Crippen LogP contribution in [0.4, 0.5) is 9.52 Å². The Bertz CT molecular complexity index is 1150. The van der Waals surface area contributed by atoms with Gasteiger partial charge in [-0.1, -0.05) is 19.1 Å². The number of benzene rings is 1. The van der Waals surface area contributed by atoms with Crippen molar-refractivity contribution in [1.82, 2.24) is 19.4 Å². The minimum Gasteiger partial charge on any atom is -0.346 e. The Hall–Kier alpha value is -2.30. The van der Waals surface area contributed by atoms with Crippen molar-refractivity contribution in [3.8, 4) is 0 Å². The van der Waals surface area contributed by atoms with Gasteiger partial charge in [0.1, 0.15) is 15.7 Å². The average molecular weight is 492 g/mol. The molecule has 0 saturated carbocycles. The molecule has 10 heteroatoms. The molecule has 178 valence electrons. The van der Waals surface area contributed by atoms with E-state index in [0.29, 0.717) is 6.42 Å². The van der Waals surface area contributed by atoms with Crippen LogP contribution in [0, 0.1) is 5.82 Å². The molecule has 4 rings (SSSR count). The molecular formula is C23H30FN5O2S2. The van der Waals surface area contributed by atoms with Crippen LogP contribution in [0.1, 0.15) is 36.0 Å². The lowest BCUT2D eigenvalue weighted by Gasteiger charge is -2.34. The van der Waals surface area contributed by atoms with Gasteiger partial charge in [0.05, 0.1) is 23.8 Å². The molecular weight excluding hydrogens is 461 g/mol. The quantitative estimate of drug-likeness (QED) is 0.457. The summed E-state index contributed by atoms with van der Waals surface area (Å²) in [5, 5.41) is 0.966. The standard InChI is InChI=1S/C23H30FN5O2S2/c1-3-33(30,31)13-8-22-15-26-23(32-22)28-11-9-27(10-12-28)16-21-14-25-17-29(21)18(2)19-4-6-20(24)7-5-19/h4-7,14-15,17-18H,3,8-13,16H2,1-2H3/t18-/m1/s1. The van der Waals surface area contributed by atoms with Gasteiger partial charge in [-0.3, -0.25) is 4.90 Å². The van der Waals surface area contributed by atoms with E-state index in [-0.39, 0.29) is 23.4 Å². The van der Waals surface area contributed by atoms with Crippen LogP contribution in [0.2, 0.25) is 0 Å². The van der Waals surface area contributed by atoms with Gasteiger partial charge in [-0.05, 0) is 31.0 Å². The van der Waals surface area contributed by atoms with E-state index < -0.39 is 9.84 Å². The first-order valence-electron chi connectivity index (χ1n) is 11.2. The van der Waals surface area contributed by atoms with Crippen molar-refractivity contribution in [2.75, 3.05) is 42.6 Å². The first-order valence-corrected chi connectivity index (χ1v) is 13.9. The summed E-state index contributed by atoms with van der Waals surface area (Å²) in [6.07, 6.45) is 6.09. The lowest BCUT2D eigenvalue weighted by atomic mass is 10.1. The van der Waals surface area contributed by atoms with E-state index >= 15 is 0 Å². The molecule has 1 fully saturated rings. The molecule has 1 atom stereocenters. The monoisotopic (exact) mass is 491 g/mol. The second-order valence-corrected chi connectivity index (χ2v) is 11.9. The van der Waals surface area contributed by atoms with E-state index in [1.165, 1.54) is 12.1 Å². The third-order valence-corrected chi connectivity index (χ3v) is 9.01. The summed E-state index contributed by atoms with van der Waals surface area (Å²) in [6.45, 7) is 8.16. The van der Waals surface area contributed by atoms with Gasteiger partial charge in [-0.25, -0.2) is 22.8 Å². The summed E-state index contributed by atoms with van der Waals surface area (Å²) in [5.74, 6) is 0.138. The summed E-state index contributed by atoms with van der Waals surface area (Å²) in [5.41, 5.74) is 2.18. The summed E-state index contributed by atoms with van der Waals surface area (Å²) in [4.78, 5) is 14.6. The zero-order valence-electron chi connectivity index (χ0n) is 19.0. The number of hydrogen-bond donors (Lipinski definition) is 0. The average Bonchev–Trinajstić information content (AvgIpc) is 3.48. The van der Waals surface area contributed by atoms with Crippen LogP contribution in [0.5, 0.6) is 0 Å². The lowest BCUT2D eigenvalue weighted by Crippen LogP contribution is -2.46. The Morgan fingerprint density at radius 1 is 1.12 bits per heavy atom. The fourth-order valence-electron chi connectivity index (χ4n) is 3.99. The van der Waals surface area contributed by atoms with Crippen LogP contribution in [0.25, 0.3) is 0 Å². The number of aryl methyl sites for hydroxylation is 1. The van der Waals surface area contributed by atoms with Crippen molar-refractivity contribution < 1.29 is 12.8 Å². The molecule has 0 radical (unpaired) electrons. The largest absolute Gasteiger partial charge is 0.346 e. The molecule has 1 aliphatic heterocycles. The van der Waals surface area contributed by atoms with Crippen LogP contribution >= 0.6 is 11.3 Å². The second kappa shape index (κ2) is 10.3. The Morgan fingerprint density at radius 2 is 1.85 bits per heavy atom. The zero-order valence-corrected chi connectivity index (χ0v) is 20.7. The van der Waals surface area contributed by atoms with Crippen molar-refractivity contribution in [2.24, 2.45) is 0 Å². The van der Waals surface area contributed by atoms with Crippen LogP contribution in [0.15, 0.2) is 43.0 Å². The van der Waals surface area contributed by atoms with Gasteiger partial charge < -0.3 is 9.47 Å². The number of thiazole rings is 1. The molecule has 0 amide bonds. The van der Waals surface area contributed by atoms with Crippen LogP contribution in [0.3, 0.4) is 0 Å². The molecule has 7 nitrogen and oxygen atoms in total. The van der Waals surface area contributed by atoms with Crippen molar-refractivity contribution >= 4 is 26.3 Å². The highest BCUT2D eigenvalue weighted by Gasteiger charge is 2.22. The smallest absolute Gasteiger partial charge is 0.185 e. The summed E-state index contributed by atoms with van der Waals surface area (Å²) in [7, 11) is -2.96. The van der Waals surface area contributed by atoms with Crippen molar-refractivity contribution in [3.63, 3.8) is 0 Å². The molecule has 0 N–H and O–H groups in total. The van der Waals surface area contributed by atoms with Gasteiger partial charge >= 0.3 is 0 Å². The van der Waals surface area contributed by atoms with E-state index in [2.05, 4.69) is 31.3 Å². The van der Waals surface area contributed by atoms with Gasteiger partial charge in [-0.15, -0.1) is 11.3 Å². The predicted molar refractivity (Wildman–Crippen MR) is 130 cm³/mol. The van der Waals surface area contributed by atoms with Crippen LogP contribution < -0.4 is 4.90 Å². The van der Waals surface area contributed by atoms with Crippen molar-refractivity contribution in [1.29, 1.82) is 0 Å². The fraction of sp³-hybridized carbons (Fsp3) is 0.478. The number of nitrogens with zero attached hydrogens (tertiary/aromatic N) is 5. The number of piperazine rings is 1. The van der Waals surface area contributed by atoms with E-state index in [0.717, 1.165) is 54.0 Å². The molecule has 1 aromatic carbocycles. The summed E-state index contributed by atoms with van der Waals surface area (Å²) in [6, 6.07) is 6.71. The van der Waals surface area contributed by atoms with Gasteiger partial charge in [0, 0.05) is 55.7 Å². The fourth-order valence-corrected chi connectivity index (χ4v) is 5.90. The topological polar surface area (TPSA) is 71.3 Å². The number of aromatic nitrogens is 3. The van der Waals surface area contributed by atoms with Gasteiger partial charge in [0.15, 0.2) is 5.13 Å². The van der Waals surface area contributed by atoms with E-state index in [4.69, 9.17) is 0 Å². The lowest BCUT2D eigenvalue weighted by molar-refractivity contribution is 0.243. The van der Waals surface area contributed by atoms with E-state index in [1.807, 2.05) is 30.9 Å². The Labute approximate surface area is 198 Å². The number of hydrogen-bond acceptors (Lipinski definition) is 7. The SMILES string of the molecule is CCS(=O)(=O)CCc1cnc(N2CCN(Cc3cncn3[C@H](C)c3ccc(F)cc3)CC2)s1. The minimum absolute atomic E-state index is 0.0784. The molecule has 3 aromatic rings. The highest BCUT2D eigenvalue weighted by Crippen LogP contribution is 2.25. The number of imidazole rings is 1. The normalized spacial score (nSPS) is 16.3. The number of anilines is 1. The molecule has 3 heterocycles. The maximum absolute atomic E-state index is 13.3. The van der Waals surface area contributed by atoms with Crippen LogP contribution in [-0.4, -0.2) is 65.5 Å². The Balaban J connectivity index is 1.32. The molecule has 0 unspecified atom stereocenters. The first-order chi connectivity index (χ1) is 15.8. The maximum atomic E-state index is 13.3. The third kappa shape index (κ3) is 5.99. The number of rotatable bonds is 9. The van der Waals surface area contributed by atoms with Crippen LogP contribution in [-0.2, 0) is 22.8 Å². The molecule has 33 heavy (non-hydrogen) atoms. The van der Waals surface area contributed by atoms with Gasteiger partial charge in [0.25, 0.3) is 0 Å². The number of sulfone groups is 1. The zero-order chi connectivity index (χ0) is 23.4. The minimum atomic E-state index is -2.96. The third-order valence-electron chi connectivity index (χ3n) is 6.19. The molecule has 0 bridgehead atoms. The first kappa shape index (κ1) is 23.8. The number of halogens is 1. The Kier molecular flexibility index (Phi) is 7.45. The highest BCUT2D eigenvalue weighted by atomic mass is 32.2. The molecule has 1 aliphatic rings. The summed E-state index contributed by atoms with van der Waals surface area (Å²) >= 11 is 1.59. The van der Waals surface area contributed by atoms with Crippen molar-refractivity contribution in [3.05, 3.63) is 64.9 Å². The van der Waals surface area contributed by atoms with Crippen molar-refractivity contribution in [2.45, 2.75) is 32.9 Å². The maximum Gasteiger partial charge on any atom is 0.185 e. The molecule has 0 aliphatic carbocycles. The van der Waals surface area contributed by atoms with Gasteiger partial charge in [0.2, 0.25) is 0 Å². The van der Waals surface area contributed by atoms with Gasteiger partial charge in [-0.2, -0.15) is 0 Å². The summed E-state index contributed by atoms with van der Waals surface area (Å²) < 4.78 is 38.9. The Morgan fingerprint density at radius 3 is 2.55 bits per heavy atom. The molecule has 2 aromatic heterocycles.